The number of aryl methyl sites for hydroxylation is 1. The number of fused-ring (bicyclic) bond motifs is 3. The lowest BCUT2D eigenvalue weighted by atomic mass is 9.51. The van der Waals surface area contributed by atoms with Gasteiger partial charge in [-0.05, 0) is 106 Å². The molecule has 3 aromatic rings. The molecular weight excluding hydrogens is 486 g/mol. The van der Waals surface area contributed by atoms with Crippen molar-refractivity contribution in [3.05, 3.63) is 60.2 Å². The number of carbonyl (C=O) groups excluding carboxylic acids is 1. The van der Waals surface area contributed by atoms with Gasteiger partial charge in [-0.2, -0.15) is 4.98 Å². The average molecular weight is 528 g/mol. The molecule has 1 aromatic heterocycles. The largest absolute Gasteiger partial charge is 0.497 e. The average Bonchev–Trinajstić information content (AvgIpc) is 3.46. The Morgan fingerprint density at radius 2 is 1.64 bits per heavy atom. The second-order valence-corrected chi connectivity index (χ2v) is 12.3. The van der Waals surface area contributed by atoms with E-state index in [1.807, 2.05) is 19.1 Å². The normalized spacial score (nSPS) is 25.8. The Hall–Kier alpha value is -3.15. The molecule has 2 aromatic carbocycles. The highest BCUT2D eigenvalue weighted by atomic mass is 16.5. The first kappa shape index (κ1) is 26.1. The van der Waals surface area contributed by atoms with Crippen LogP contribution in [0.1, 0.15) is 89.3 Å². The van der Waals surface area contributed by atoms with E-state index in [1.165, 1.54) is 6.42 Å². The van der Waals surface area contributed by atoms with E-state index >= 15 is 0 Å². The van der Waals surface area contributed by atoms with Gasteiger partial charge in [0.2, 0.25) is 11.8 Å². The molecule has 7 rings (SSSR count). The van der Waals surface area contributed by atoms with E-state index in [1.54, 1.807) is 7.11 Å². The van der Waals surface area contributed by atoms with Crippen LogP contribution < -0.4 is 9.64 Å². The quantitative estimate of drug-likeness (QED) is 0.316. The Morgan fingerprint density at radius 3 is 2.28 bits per heavy atom. The molecule has 2 bridgehead atoms. The standard InChI is InChI=1S/C33H41N3O3/c1-23(32-15-18-33(19-16-32,20-17-32)31-34-24(2)35-39-31)36(30(37)25-9-5-4-6-10-25)28-13-7-11-26(21-28)27-12-8-14-29(22-27)38-3/h7-8,11-14,21-23,25H,4-6,9-10,15-20H2,1-3H3. The number of hydrogen-bond donors (Lipinski definition) is 0. The molecule has 4 aliphatic carbocycles. The van der Waals surface area contributed by atoms with E-state index in [2.05, 4.69) is 58.4 Å². The number of ether oxygens (including phenoxy) is 1. The SMILES string of the molecule is COc1cccc(-c2cccc(N(C(=O)C3CCCCC3)C(C)C34CCC(c5nc(C)no5)(CC3)CC4)c2)c1. The van der Waals surface area contributed by atoms with Crippen LogP contribution in [0.5, 0.6) is 5.75 Å². The zero-order valence-electron chi connectivity index (χ0n) is 23.6. The number of rotatable bonds is 7. The Labute approximate surface area is 232 Å². The van der Waals surface area contributed by atoms with Crippen LogP contribution in [0, 0.1) is 18.3 Å². The van der Waals surface area contributed by atoms with Gasteiger partial charge in [-0.15, -0.1) is 0 Å². The summed E-state index contributed by atoms with van der Waals surface area (Å²) in [6.45, 7) is 4.21. The molecule has 4 fully saturated rings. The molecule has 39 heavy (non-hydrogen) atoms. The molecule has 0 radical (unpaired) electrons. The van der Waals surface area contributed by atoms with Crippen molar-refractivity contribution in [3.8, 4) is 16.9 Å². The zero-order valence-corrected chi connectivity index (χ0v) is 23.6. The van der Waals surface area contributed by atoms with Crippen LogP contribution >= 0.6 is 0 Å². The number of nitrogens with zero attached hydrogens (tertiary/aromatic N) is 3. The van der Waals surface area contributed by atoms with Gasteiger partial charge in [-0.3, -0.25) is 4.79 Å². The fourth-order valence-electron chi connectivity index (χ4n) is 7.67. The smallest absolute Gasteiger partial charge is 0.232 e. The third-order valence-corrected chi connectivity index (χ3v) is 10.3. The zero-order chi connectivity index (χ0) is 27.0. The molecular formula is C33H41N3O3. The highest BCUT2D eigenvalue weighted by Gasteiger charge is 2.55. The first-order valence-corrected chi connectivity index (χ1v) is 14.8. The summed E-state index contributed by atoms with van der Waals surface area (Å²) >= 11 is 0. The van der Waals surface area contributed by atoms with Crippen molar-refractivity contribution in [2.75, 3.05) is 12.0 Å². The van der Waals surface area contributed by atoms with Gasteiger partial charge in [-0.25, -0.2) is 0 Å². The van der Waals surface area contributed by atoms with Crippen LogP contribution in [-0.2, 0) is 10.2 Å². The molecule has 6 nitrogen and oxygen atoms in total. The Bertz CT molecular complexity index is 1300. The van der Waals surface area contributed by atoms with Gasteiger partial charge < -0.3 is 14.2 Å². The maximum absolute atomic E-state index is 14.4. The van der Waals surface area contributed by atoms with Crippen LogP contribution in [0.4, 0.5) is 5.69 Å². The molecule has 206 valence electrons. The molecule has 1 amide bonds. The van der Waals surface area contributed by atoms with Gasteiger partial charge >= 0.3 is 0 Å². The molecule has 1 unspecified atom stereocenters. The first-order valence-electron chi connectivity index (χ1n) is 14.8. The highest BCUT2D eigenvalue weighted by Crippen LogP contribution is 2.60. The fourth-order valence-corrected chi connectivity index (χ4v) is 7.67. The summed E-state index contributed by atoms with van der Waals surface area (Å²) < 4.78 is 11.2. The lowest BCUT2D eigenvalue weighted by Crippen LogP contribution is -2.56. The fraction of sp³-hybridized carbons (Fsp3) is 0.545. The molecule has 6 heteroatoms. The topological polar surface area (TPSA) is 68.5 Å². The van der Waals surface area contributed by atoms with Crippen LogP contribution in [0.3, 0.4) is 0 Å². The summed E-state index contributed by atoms with van der Waals surface area (Å²) in [6, 6.07) is 16.9. The van der Waals surface area contributed by atoms with Crippen molar-refractivity contribution in [2.45, 2.75) is 95.9 Å². The third-order valence-electron chi connectivity index (χ3n) is 10.3. The summed E-state index contributed by atoms with van der Waals surface area (Å²) in [4.78, 5) is 21.2. The highest BCUT2D eigenvalue weighted by molar-refractivity contribution is 5.96. The lowest BCUT2D eigenvalue weighted by molar-refractivity contribution is -0.125. The summed E-state index contributed by atoms with van der Waals surface area (Å²) in [5, 5.41) is 4.09. The summed E-state index contributed by atoms with van der Waals surface area (Å²) in [5.74, 6) is 2.81. The van der Waals surface area contributed by atoms with Crippen LogP contribution in [0.2, 0.25) is 0 Å². The van der Waals surface area contributed by atoms with Crippen molar-refractivity contribution >= 4 is 11.6 Å². The van der Waals surface area contributed by atoms with Crippen LogP contribution in [-0.4, -0.2) is 29.2 Å². The molecule has 4 aliphatic rings. The summed E-state index contributed by atoms with van der Waals surface area (Å²) in [5.41, 5.74) is 3.33. The Morgan fingerprint density at radius 1 is 0.974 bits per heavy atom. The minimum Gasteiger partial charge on any atom is -0.497 e. The maximum Gasteiger partial charge on any atom is 0.232 e. The van der Waals surface area contributed by atoms with Crippen LogP contribution in [0.25, 0.3) is 11.1 Å². The Balaban J connectivity index is 1.33. The van der Waals surface area contributed by atoms with E-state index < -0.39 is 0 Å². The monoisotopic (exact) mass is 527 g/mol. The minimum absolute atomic E-state index is 0.00716. The first-order chi connectivity index (χ1) is 18.9. The number of amides is 1. The number of carbonyl (C=O) groups is 1. The molecule has 0 aliphatic heterocycles. The van der Waals surface area contributed by atoms with E-state index in [-0.39, 0.29) is 22.8 Å². The second kappa shape index (κ2) is 10.4. The van der Waals surface area contributed by atoms with E-state index in [0.29, 0.717) is 5.91 Å². The molecule has 0 saturated heterocycles. The van der Waals surface area contributed by atoms with Crippen LogP contribution in [0.15, 0.2) is 53.1 Å². The van der Waals surface area contributed by atoms with Crippen molar-refractivity contribution in [1.82, 2.24) is 10.1 Å². The number of benzene rings is 2. The molecule has 0 N–H and O–H groups in total. The summed E-state index contributed by atoms with van der Waals surface area (Å²) in [7, 11) is 1.70. The van der Waals surface area contributed by atoms with Gasteiger partial charge in [0.15, 0.2) is 5.82 Å². The number of aromatic nitrogens is 2. The van der Waals surface area contributed by atoms with Gasteiger partial charge in [0, 0.05) is 23.1 Å². The van der Waals surface area contributed by atoms with Gasteiger partial charge in [0.05, 0.1) is 7.11 Å². The van der Waals surface area contributed by atoms with Crippen molar-refractivity contribution in [1.29, 1.82) is 0 Å². The number of methoxy groups -OCH3 is 1. The summed E-state index contributed by atoms with van der Waals surface area (Å²) in [6.07, 6.45) is 12.0. The lowest BCUT2D eigenvalue weighted by Gasteiger charge is -2.56. The predicted molar refractivity (Wildman–Crippen MR) is 153 cm³/mol. The number of hydrogen-bond acceptors (Lipinski definition) is 5. The van der Waals surface area contributed by atoms with Crippen molar-refractivity contribution < 1.29 is 14.1 Å². The molecule has 4 saturated carbocycles. The molecule has 1 heterocycles. The minimum atomic E-state index is 0.00716. The van der Waals surface area contributed by atoms with Gasteiger partial charge in [0.25, 0.3) is 0 Å². The van der Waals surface area contributed by atoms with E-state index in [0.717, 1.165) is 98.5 Å². The second-order valence-electron chi connectivity index (χ2n) is 12.3. The van der Waals surface area contributed by atoms with Gasteiger partial charge in [-0.1, -0.05) is 48.7 Å². The Kier molecular flexibility index (Phi) is 6.98. The van der Waals surface area contributed by atoms with E-state index in [9.17, 15) is 4.79 Å². The maximum atomic E-state index is 14.4. The number of anilines is 1. The molecule has 1 atom stereocenters. The van der Waals surface area contributed by atoms with Gasteiger partial charge in [0.1, 0.15) is 5.75 Å². The molecule has 0 spiro atoms. The van der Waals surface area contributed by atoms with Crippen molar-refractivity contribution in [2.24, 2.45) is 11.3 Å². The predicted octanol–water partition coefficient (Wildman–Crippen LogP) is 7.65. The van der Waals surface area contributed by atoms with E-state index in [4.69, 9.17) is 9.26 Å². The van der Waals surface area contributed by atoms with Crippen molar-refractivity contribution in [3.63, 3.8) is 0 Å². The third kappa shape index (κ3) is 4.76.